The van der Waals surface area contributed by atoms with Crippen molar-refractivity contribution in [1.29, 1.82) is 0 Å². The highest BCUT2D eigenvalue weighted by molar-refractivity contribution is 7.88. The Balaban J connectivity index is 1.01. The van der Waals surface area contributed by atoms with Crippen molar-refractivity contribution in [3.8, 4) is 0 Å². The van der Waals surface area contributed by atoms with Gasteiger partial charge in [0.15, 0.2) is 0 Å². The molecule has 5 amide bonds. The number of fused-ring (bicyclic) bond motifs is 1. The van der Waals surface area contributed by atoms with Crippen LogP contribution in [0.4, 0.5) is 10.5 Å². The topological polar surface area (TPSA) is 311 Å². The number of thiophene rings is 1. The third kappa shape index (κ3) is 28.1. The molecule has 0 aliphatic carbocycles. The van der Waals surface area contributed by atoms with Crippen molar-refractivity contribution in [3.05, 3.63) is 33.5 Å². The second-order valence-electron chi connectivity index (χ2n) is 14.9. The van der Waals surface area contributed by atoms with Crippen molar-refractivity contribution in [2.75, 3.05) is 165 Å². The summed E-state index contributed by atoms with van der Waals surface area (Å²) >= 11 is 1.23. The van der Waals surface area contributed by atoms with Crippen LogP contribution in [0.5, 0.6) is 0 Å². The second-order valence-corrected chi connectivity index (χ2v) is 17.6. The van der Waals surface area contributed by atoms with Gasteiger partial charge in [0.2, 0.25) is 5.91 Å². The van der Waals surface area contributed by atoms with Gasteiger partial charge in [-0.3, -0.25) is 28.9 Å². The number of rotatable bonds is 44. The molecule has 0 unspecified atom stereocenters. The molecule has 0 saturated carbocycles. The number of carbonyl (C=O) groups excluding carboxylic acids is 5. The molecule has 0 spiro atoms. The van der Waals surface area contributed by atoms with Crippen LogP contribution < -0.4 is 20.5 Å². The summed E-state index contributed by atoms with van der Waals surface area (Å²) in [7, 11) is -4.22. The van der Waals surface area contributed by atoms with Crippen LogP contribution >= 0.6 is 11.3 Å². The van der Waals surface area contributed by atoms with Crippen LogP contribution in [0.1, 0.15) is 36.4 Å². The van der Waals surface area contributed by atoms with Crippen molar-refractivity contribution in [1.82, 2.24) is 24.7 Å². The van der Waals surface area contributed by atoms with E-state index in [1.54, 1.807) is 23.8 Å². The Labute approximate surface area is 424 Å². The molecule has 0 bridgehead atoms. The summed E-state index contributed by atoms with van der Waals surface area (Å²) in [4.78, 5) is 72.0. The number of amidine groups is 1. The molecule has 2 aliphatic heterocycles. The van der Waals surface area contributed by atoms with E-state index in [9.17, 15) is 32.4 Å². The molecular weight excluding hydrogens is 995 g/mol. The van der Waals surface area contributed by atoms with Gasteiger partial charge in [-0.2, -0.15) is 13.1 Å². The van der Waals surface area contributed by atoms with Crippen LogP contribution in [0.3, 0.4) is 0 Å². The molecule has 28 heteroatoms. The standard InChI is InChI=1S/C44H71N7O19S2/c1-3-9-51(70-4-2)43(55)35-30-38-37(48-39(45)31-35)32-36(71-38)34-69-44(56)49-72(57,58)47-8-11-60-13-15-62-17-19-64-21-23-66-25-27-68-29-28-67-26-24-65-22-20-63-18-16-61-14-12-59-10-7-46-40(52)33-50-41(53)5-6-42(50)54/h5-6,30,32,47H,3-4,7-29,31,33-34H2,1-2H3,(H2,45,48)(H,46,52)(H,49,56). The van der Waals surface area contributed by atoms with Crippen LogP contribution in [-0.4, -0.2) is 219 Å². The van der Waals surface area contributed by atoms with Gasteiger partial charge in [-0.25, -0.2) is 19.6 Å². The Morgan fingerprint density at radius 3 is 1.62 bits per heavy atom. The molecule has 0 fully saturated rings. The lowest BCUT2D eigenvalue weighted by Gasteiger charge is -2.21. The molecule has 5 N–H and O–H groups in total. The summed E-state index contributed by atoms with van der Waals surface area (Å²) in [5, 5.41) is 3.88. The minimum Gasteiger partial charge on any atom is -0.443 e. The summed E-state index contributed by atoms with van der Waals surface area (Å²) in [6.07, 6.45) is 3.61. The number of imide groups is 1. The second kappa shape index (κ2) is 38.1. The summed E-state index contributed by atoms with van der Waals surface area (Å²) < 4.78 is 88.1. The Bertz CT molecular complexity index is 1950. The molecule has 1 aromatic heterocycles. The number of hydrogen-bond donors (Lipinski definition) is 4. The van der Waals surface area contributed by atoms with Crippen molar-refractivity contribution in [2.45, 2.75) is 33.3 Å². The zero-order chi connectivity index (χ0) is 52.1. The van der Waals surface area contributed by atoms with Gasteiger partial charge in [-0.1, -0.05) is 6.92 Å². The van der Waals surface area contributed by atoms with Gasteiger partial charge in [0.05, 0.1) is 149 Å². The average Bonchev–Trinajstić information content (AvgIpc) is 3.83. The molecule has 408 valence electrons. The maximum Gasteiger partial charge on any atom is 0.422 e. The van der Waals surface area contributed by atoms with Crippen molar-refractivity contribution in [2.24, 2.45) is 10.7 Å². The van der Waals surface area contributed by atoms with E-state index in [0.29, 0.717) is 146 Å². The van der Waals surface area contributed by atoms with Gasteiger partial charge >= 0.3 is 16.3 Å². The van der Waals surface area contributed by atoms with Gasteiger partial charge in [0.25, 0.3) is 17.7 Å². The van der Waals surface area contributed by atoms with E-state index in [1.165, 1.54) is 16.4 Å². The number of aliphatic imine (C=N–C) groups is 1. The highest BCUT2D eigenvalue weighted by atomic mass is 32.2. The summed E-state index contributed by atoms with van der Waals surface area (Å²) in [6.45, 7) is 11.2. The van der Waals surface area contributed by atoms with Gasteiger partial charge < -0.3 is 63.2 Å². The Hall–Kier alpha value is -4.53. The van der Waals surface area contributed by atoms with E-state index in [2.05, 4.69) is 15.0 Å². The highest BCUT2D eigenvalue weighted by Gasteiger charge is 2.26. The van der Waals surface area contributed by atoms with Crippen LogP contribution in [0.15, 0.2) is 28.8 Å². The average molecular weight is 1070 g/mol. The molecule has 2 aliphatic rings. The maximum absolute atomic E-state index is 13.1. The van der Waals surface area contributed by atoms with E-state index >= 15 is 0 Å². The van der Waals surface area contributed by atoms with E-state index < -0.39 is 34.0 Å². The molecule has 1 aromatic rings. The van der Waals surface area contributed by atoms with Crippen LogP contribution in [0, 0.1) is 0 Å². The minimum absolute atomic E-state index is 0.0331. The molecule has 72 heavy (non-hydrogen) atoms. The Morgan fingerprint density at radius 1 is 0.708 bits per heavy atom. The van der Waals surface area contributed by atoms with E-state index in [0.717, 1.165) is 17.1 Å². The molecule has 0 radical (unpaired) electrons. The fourth-order valence-electron chi connectivity index (χ4n) is 5.88. The third-order valence-electron chi connectivity index (χ3n) is 9.17. The lowest BCUT2D eigenvalue weighted by atomic mass is 10.1. The number of hydrogen-bond acceptors (Lipinski definition) is 22. The quantitative estimate of drug-likeness (QED) is 0.0379. The van der Waals surface area contributed by atoms with Crippen LogP contribution in [-0.2, 0) is 92.9 Å². The number of nitrogens with zero attached hydrogens (tertiary/aromatic N) is 3. The van der Waals surface area contributed by atoms with Crippen LogP contribution in [0.2, 0.25) is 0 Å². The van der Waals surface area contributed by atoms with E-state index in [4.69, 9.17) is 62.7 Å². The number of nitrogens with one attached hydrogen (secondary N) is 3. The molecule has 0 atom stereocenters. The Morgan fingerprint density at radius 2 is 1.17 bits per heavy atom. The fourth-order valence-corrected chi connectivity index (χ4v) is 7.56. The number of nitrogens with two attached hydrogens (primary N) is 1. The summed E-state index contributed by atoms with van der Waals surface area (Å²) in [6, 6.07) is 1.66. The number of carbonyl (C=O) groups is 5. The van der Waals surface area contributed by atoms with Crippen molar-refractivity contribution < 1.29 is 89.3 Å². The smallest absolute Gasteiger partial charge is 0.422 e. The SMILES string of the molecule is CCCN(OCC)C(=O)C1=Cc2sc(COC(=O)NS(=O)(=O)NCCOCCOCCOCCOCCOCCOCCOCCOCCOCCOCCNC(=O)CN3C(=O)C=CC3=O)cc2N=C(N)C1. The highest BCUT2D eigenvalue weighted by Crippen LogP contribution is 2.35. The number of hydroxylamine groups is 2. The molecule has 3 heterocycles. The van der Waals surface area contributed by atoms with Crippen LogP contribution in [0.25, 0.3) is 6.08 Å². The first-order chi connectivity index (χ1) is 34.9. The van der Waals surface area contributed by atoms with E-state index in [-0.39, 0.29) is 70.8 Å². The monoisotopic (exact) mass is 1070 g/mol. The molecule has 0 saturated heterocycles. The van der Waals surface area contributed by atoms with Crippen molar-refractivity contribution in [3.63, 3.8) is 0 Å². The zero-order valence-electron chi connectivity index (χ0n) is 41.1. The lowest BCUT2D eigenvalue weighted by molar-refractivity contribution is -0.180. The minimum atomic E-state index is -4.22. The van der Waals surface area contributed by atoms with Gasteiger partial charge in [0.1, 0.15) is 19.0 Å². The predicted octanol–water partition coefficient (Wildman–Crippen LogP) is -0.0182. The van der Waals surface area contributed by atoms with Crippen molar-refractivity contribution >= 4 is 68.9 Å². The number of amides is 5. The molecule has 26 nitrogen and oxygen atoms in total. The first-order valence-corrected chi connectivity index (χ1v) is 25.8. The van der Waals surface area contributed by atoms with Gasteiger partial charge in [-0.05, 0) is 25.5 Å². The fraction of sp³-hybridized carbons (Fsp3) is 0.682. The first kappa shape index (κ1) is 61.8. The summed E-state index contributed by atoms with van der Waals surface area (Å²) in [5.74, 6) is -1.53. The number of ether oxygens (including phenoxy) is 11. The van der Waals surface area contributed by atoms with Gasteiger partial charge in [0, 0.05) is 48.7 Å². The maximum atomic E-state index is 13.1. The lowest BCUT2D eigenvalue weighted by Crippen LogP contribution is -2.41. The normalized spacial score (nSPS) is 13.5. The zero-order valence-corrected chi connectivity index (χ0v) is 42.7. The summed E-state index contributed by atoms with van der Waals surface area (Å²) in [5.41, 5.74) is 6.98. The largest absolute Gasteiger partial charge is 0.443 e. The van der Waals surface area contributed by atoms with E-state index in [1.807, 2.05) is 6.92 Å². The third-order valence-corrected chi connectivity index (χ3v) is 11.2. The molecule has 0 aromatic carbocycles. The first-order valence-electron chi connectivity index (χ1n) is 23.5. The molecular formula is C44H71N7O19S2. The molecule has 3 rings (SSSR count). The Kier molecular flexibility index (Phi) is 32.7. The van der Waals surface area contributed by atoms with Gasteiger partial charge in [-0.15, -0.1) is 11.3 Å². The predicted molar refractivity (Wildman–Crippen MR) is 259 cm³/mol.